The summed E-state index contributed by atoms with van der Waals surface area (Å²) in [6.45, 7) is 3.82. The van der Waals surface area contributed by atoms with Crippen LogP contribution in [0.15, 0.2) is 48.7 Å². The SMILES string of the molecule is CCC1CCCCN1C(=O)c1cc(N(C)Cc2ccccc2)ccn1. The Bertz CT molecular complexity index is 701. The Morgan fingerprint density at radius 1 is 1.24 bits per heavy atom. The predicted molar refractivity (Wildman–Crippen MR) is 102 cm³/mol. The van der Waals surface area contributed by atoms with Crippen LogP contribution in [0, 0.1) is 0 Å². The van der Waals surface area contributed by atoms with E-state index in [1.165, 1.54) is 12.0 Å². The molecule has 0 spiro atoms. The second kappa shape index (κ2) is 8.15. The van der Waals surface area contributed by atoms with Crippen LogP contribution >= 0.6 is 0 Å². The third-order valence-corrected chi connectivity index (χ3v) is 5.03. The first kappa shape index (κ1) is 17.5. The lowest BCUT2D eigenvalue weighted by Crippen LogP contribution is -2.43. The van der Waals surface area contributed by atoms with Gasteiger partial charge in [-0.05, 0) is 43.4 Å². The van der Waals surface area contributed by atoms with Crippen molar-refractivity contribution in [2.24, 2.45) is 0 Å². The van der Waals surface area contributed by atoms with Crippen molar-refractivity contribution in [1.29, 1.82) is 0 Å². The molecule has 0 N–H and O–H groups in total. The minimum absolute atomic E-state index is 0.0708. The molecule has 0 radical (unpaired) electrons. The second-order valence-corrected chi connectivity index (χ2v) is 6.80. The molecule has 1 aliphatic heterocycles. The van der Waals surface area contributed by atoms with Gasteiger partial charge in [-0.25, -0.2) is 0 Å². The molecule has 2 aromatic rings. The van der Waals surface area contributed by atoms with Crippen LogP contribution in [0.4, 0.5) is 5.69 Å². The zero-order valence-electron chi connectivity index (χ0n) is 15.2. The van der Waals surface area contributed by atoms with E-state index >= 15 is 0 Å². The fourth-order valence-corrected chi connectivity index (χ4v) is 3.56. The van der Waals surface area contributed by atoms with Crippen molar-refractivity contribution in [3.05, 3.63) is 59.9 Å². The summed E-state index contributed by atoms with van der Waals surface area (Å²) in [6.07, 6.45) is 6.18. The van der Waals surface area contributed by atoms with Crippen LogP contribution in [0.2, 0.25) is 0 Å². The van der Waals surface area contributed by atoms with Crippen molar-refractivity contribution in [3.8, 4) is 0 Å². The zero-order chi connectivity index (χ0) is 17.6. The van der Waals surface area contributed by atoms with Gasteiger partial charge in [0.15, 0.2) is 0 Å². The van der Waals surface area contributed by atoms with Gasteiger partial charge in [0.25, 0.3) is 5.91 Å². The Kier molecular flexibility index (Phi) is 5.69. The number of hydrogen-bond acceptors (Lipinski definition) is 3. The van der Waals surface area contributed by atoms with E-state index in [1.807, 2.05) is 42.3 Å². The highest BCUT2D eigenvalue weighted by molar-refractivity contribution is 5.93. The summed E-state index contributed by atoms with van der Waals surface area (Å²) in [5.74, 6) is 0.0708. The monoisotopic (exact) mass is 337 g/mol. The van der Waals surface area contributed by atoms with E-state index in [9.17, 15) is 4.79 Å². The summed E-state index contributed by atoms with van der Waals surface area (Å²) in [4.78, 5) is 21.5. The van der Waals surface area contributed by atoms with Gasteiger partial charge in [0.2, 0.25) is 0 Å². The molecule has 132 valence electrons. The quantitative estimate of drug-likeness (QED) is 0.823. The van der Waals surface area contributed by atoms with E-state index in [2.05, 4.69) is 28.9 Å². The molecule has 4 heteroatoms. The largest absolute Gasteiger partial charge is 0.370 e. The fraction of sp³-hybridized carbons (Fsp3) is 0.429. The minimum atomic E-state index is 0.0708. The Morgan fingerprint density at radius 2 is 2.04 bits per heavy atom. The normalized spacial score (nSPS) is 17.4. The molecular weight excluding hydrogens is 310 g/mol. The van der Waals surface area contributed by atoms with Crippen LogP contribution < -0.4 is 4.90 Å². The van der Waals surface area contributed by atoms with Gasteiger partial charge in [-0.1, -0.05) is 37.3 Å². The molecule has 1 aliphatic rings. The van der Waals surface area contributed by atoms with Crippen molar-refractivity contribution in [2.75, 3.05) is 18.5 Å². The average Bonchev–Trinajstić information content (AvgIpc) is 2.68. The number of hydrogen-bond donors (Lipinski definition) is 0. The summed E-state index contributed by atoms with van der Waals surface area (Å²) in [6, 6.07) is 14.6. The van der Waals surface area contributed by atoms with Gasteiger partial charge >= 0.3 is 0 Å². The number of aromatic nitrogens is 1. The van der Waals surface area contributed by atoms with E-state index in [-0.39, 0.29) is 5.91 Å². The van der Waals surface area contributed by atoms with E-state index in [0.717, 1.165) is 38.0 Å². The van der Waals surface area contributed by atoms with Gasteiger partial charge in [0.1, 0.15) is 5.69 Å². The standard InChI is InChI=1S/C21H27N3O/c1-3-18-11-7-8-14-24(18)21(25)20-15-19(12-13-22-20)23(2)16-17-9-5-4-6-10-17/h4-6,9-10,12-13,15,18H,3,7-8,11,14,16H2,1-2H3. The molecule has 0 bridgehead atoms. The summed E-state index contributed by atoms with van der Waals surface area (Å²) < 4.78 is 0. The summed E-state index contributed by atoms with van der Waals surface area (Å²) in [7, 11) is 2.05. The Hall–Kier alpha value is -2.36. The Morgan fingerprint density at radius 3 is 2.80 bits per heavy atom. The van der Waals surface area contributed by atoms with Crippen LogP contribution in [0.1, 0.15) is 48.7 Å². The predicted octanol–water partition coefficient (Wildman–Crippen LogP) is 4.12. The number of benzene rings is 1. The number of carbonyl (C=O) groups is 1. The van der Waals surface area contributed by atoms with Crippen molar-refractivity contribution in [1.82, 2.24) is 9.88 Å². The van der Waals surface area contributed by atoms with Crippen molar-refractivity contribution < 1.29 is 4.79 Å². The molecule has 25 heavy (non-hydrogen) atoms. The van der Waals surface area contributed by atoms with Gasteiger partial charge < -0.3 is 9.80 Å². The number of amides is 1. The molecule has 1 aromatic carbocycles. The van der Waals surface area contributed by atoms with Crippen LogP contribution in [0.25, 0.3) is 0 Å². The van der Waals surface area contributed by atoms with Crippen LogP contribution in [-0.2, 0) is 6.54 Å². The van der Waals surface area contributed by atoms with E-state index in [4.69, 9.17) is 0 Å². The molecule has 1 atom stereocenters. The van der Waals surface area contributed by atoms with Gasteiger partial charge in [0, 0.05) is 38.1 Å². The number of carbonyl (C=O) groups excluding carboxylic acids is 1. The molecule has 1 unspecified atom stereocenters. The summed E-state index contributed by atoms with van der Waals surface area (Å²) in [5.41, 5.74) is 2.82. The van der Waals surface area contributed by atoms with Crippen LogP contribution in [0.5, 0.6) is 0 Å². The highest BCUT2D eigenvalue weighted by atomic mass is 16.2. The second-order valence-electron chi connectivity index (χ2n) is 6.80. The van der Waals surface area contributed by atoms with Crippen LogP contribution in [-0.4, -0.2) is 35.4 Å². The minimum Gasteiger partial charge on any atom is -0.370 e. The molecule has 3 rings (SSSR count). The third kappa shape index (κ3) is 4.19. The van der Waals surface area contributed by atoms with Gasteiger partial charge in [-0.2, -0.15) is 0 Å². The van der Waals surface area contributed by atoms with Gasteiger partial charge in [-0.15, -0.1) is 0 Å². The Balaban J connectivity index is 1.75. The first-order valence-corrected chi connectivity index (χ1v) is 9.21. The van der Waals surface area contributed by atoms with E-state index in [1.54, 1.807) is 6.20 Å². The zero-order valence-corrected chi connectivity index (χ0v) is 15.2. The lowest BCUT2D eigenvalue weighted by atomic mass is 9.99. The number of nitrogens with zero attached hydrogens (tertiary/aromatic N) is 3. The number of piperidine rings is 1. The van der Waals surface area contributed by atoms with Crippen molar-refractivity contribution in [2.45, 2.75) is 45.2 Å². The number of rotatable bonds is 5. The molecule has 4 nitrogen and oxygen atoms in total. The lowest BCUT2D eigenvalue weighted by molar-refractivity contribution is 0.0602. The first-order valence-electron chi connectivity index (χ1n) is 9.21. The van der Waals surface area contributed by atoms with E-state index < -0.39 is 0 Å². The maximum Gasteiger partial charge on any atom is 0.272 e. The fourth-order valence-electron chi connectivity index (χ4n) is 3.56. The molecule has 1 fully saturated rings. The Labute approximate surface area is 150 Å². The van der Waals surface area contributed by atoms with Crippen LogP contribution in [0.3, 0.4) is 0 Å². The molecular formula is C21H27N3O. The lowest BCUT2D eigenvalue weighted by Gasteiger charge is -2.35. The number of pyridine rings is 1. The van der Waals surface area contributed by atoms with Gasteiger partial charge in [0.05, 0.1) is 0 Å². The smallest absolute Gasteiger partial charge is 0.272 e. The summed E-state index contributed by atoms with van der Waals surface area (Å²) in [5, 5.41) is 0. The summed E-state index contributed by atoms with van der Waals surface area (Å²) >= 11 is 0. The maximum atomic E-state index is 12.9. The number of anilines is 1. The first-order chi connectivity index (χ1) is 12.2. The highest BCUT2D eigenvalue weighted by Gasteiger charge is 2.27. The molecule has 0 saturated carbocycles. The molecule has 1 amide bonds. The topological polar surface area (TPSA) is 36.4 Å². The van der Waals surface area contributed by atoms with Crippen molar-refractivity contribution >= 4 is 11.6 Å². The van der Waals surface area contributed by atoms with E-state index in [0.29, 0.717) is 11.7 Å². The van der Waals surface area contributed by atoms with Crippen molar-refractivity contribution in [3.63, 3.8) is 0 Å². The third-order valence-electron chi connectivity index (χ3n) is 5.03. The number of likely N-dealkylation sites (tertiary alicyclic amines) is 1. The maximum absolute atomic E-state index is 12.9. The molecule has 2 heterocycles. The highest BCUT2D eigenvalue weighted by Crippen LogP contribution is 2.23. The van der Waals surface area contributed by atoms with Gasteiger partial charge in [-0.3, -0.25) is 9.78 Å². The molecule has 1 aromatic heterocycles. The molecule has 1 saturated heterocycles. The molecule has 0 aliphatic carbocycles. The average molecular weight is 337 g/mol.